The van der Waals surface area contributed by atoms with Gasteiger partial charge in [0.25, 0.3) is 0 Å². The summed E-state index contributed by atoms with van der Waals surface area (Å²) >= 11 is 1.88. The van der Waals surface area contributed by atoms with Crippen LogP contribution in [0.15, 0.2) is 24.3 Å². The number of para-hydroxylation sites is 1. The van der Waals surface area contributed by atoms with Crippen molar-refractivity contribution >= 4 is 17.7 Å². The summed E-state index contributed by atoms with van der Waals surface area (Å²) in [6.45, 7) is 0. The molecule has 1 fully saturated rings. The summed E-state index contributed by atoms with van der Waals surface area (Å²) < 4.78 is 5.92. The lowest BCUT2D eigenvalue weighted by Gasteiger charge is -2.17. The maximum absolute atomic E-state index is 10.8. The van der Waals surface area contributed by atoms with Crippen LogP contribution < -0.4 is 10.5 Å². The van der Waals surface area contributed by atoms with Crippen LogP contribution in [0, 0.1) is 0 Å². The van der Waals surface area contributed by atoms with Gasteiger partial charge in [0.2, 0.25) is 0 Å². The Hall–Kier alpha value is -1.20. The standard InChI is InChI=1S/C13H17NO3S/c14-11(13(15)16)7-9-3-1-2-4-12(9)17-10-5-6-18-8-10/h1-4,10-11H,5-8,14H2,(H,15,16). The fraction of sp³-hybridized carbons (Fsp3) is 0.462. The summed E-state index contributed by atoms with van der Waals surface area (Å²) in [4.78, 5) is 10.8. The Morgan fingerprint density at radius 3 is 3.00 bits per heavy atom. The number of nitrogens with two attached hydrogens (primary N) is 1. The first-order valence-electron chi connectivity index (χ1n) is 5.97. The highest BCUT2D eigenvalue weighted by atomic mass is 32.2. The van der Waals surface area contributed by atoms with E-state index in [1.807, 2.05) is 36.0 Å². The molecule has 98 valence electrons. The fourth-order valence-electron chi connectivity index (χ4n) is 1.90. The molecule has 1 heterocycles. The maximum atomic E-state index is 10.8. The van der Waals surface area contributed by atoms with Gasteiger partial charge < -0.3 is 15.6 Å². The van der Waals surface area contributed by atoms with Crippen molar-refractivity contribution in [2.45, 2.75) is 25.0 Å². The topological polar surface area (TPSA) is 72.5 Å². The fourth-order valence-corrected chi connectivity index (χ4v) is 2.99. The average Bonchev–Trinajstić information content (AvgIpc) is 2.84. The van der Waals surface area contributed by atoms with Crippen molar-refractivity contribution < 1.29 is 14.6 Å². The molecule has 1 aromatic carbocycles. The van der Waals surface area contributed by atoms with Crippen molar-refractivity contribution in [2.24, 2.45) is 5.73 Å². The summed E-state index contributed by atoms with van der Waals surface area (Å²) in [5, 5.41) is 8.85. The molecule has 2 unspecified atom stereocenters. The van der Waals surface area contributed by atoms with E-state index in [1.54, 1.807) is 0 Å². The van der Waals surface area contributed by atoms with E-state index in [2.05, 4.69) is 0 Å². The van der Waals surface area contributed by atoms with E-state index in [9.17, 15) is 4.79 Å². The smallest absolute Gasteiger partial charge is 0.320 e. The van der Waals surface area contributed by atoms with Gasteiger partial charge in [-0.25, -0.2) is 0 Å². The summed E-state index contributed by atoms with van der Waals surface area (Å²) in [6.07, 6.45) is 1.58. The molecule has 0 bridgehead atoms. The summed E-state index contributed by atoms with van der Waals surface area (Å²) in [5.41, 5.74) is 6.43. The van der Waals surface area contributed by atoms with Crippen molar-refractivity contribution in [3.05, 3.63) is 29.8 Å². The molecular weight excluding hydrogens is 250 g/mol. The number of carboxylic acids is 1. The third-order valence-electron chi connectivity index (χ3n) is 2.91. The Bertz CT molecular complexity index is 418. The summed E-state index contributed by atoms with van der Waals surface area (Å²) in [6, 6.07) is 6.65. The first-order chi connectivity index (χ1) is 8.66. The Morgan fingerprint density at radius 1 is 1.56 bits per heavy atom. The largest absolute Gasteiger partial charge is 0.489 e. The van der Waals surface area contributed by atoms with Gasteiger partial charge in [-0.15, -0.1) is 0 Å². The molecule has 0 aliphatic carbocycles. The molecule has 3 N–H and O–H groups in total. The molecule has 0 aromatic heterocycles. The molecule has 0 spiro atoms. The second kappa shape index (κ2) is 6.11. The van der Waals surface area contributed by atoms with E-state index in [4.69, 9.17) is 15.6 Å². The zero-order chi connectivity index (χ0) is 13.0. The number of carboxylic acid groups (broad SMARTS) is 1. The van der Waals surface area contributed by atoms with E-state index in [0.29, 0.717) is 6.42 Å². The molecule has 0 amide bonds. The van der Waals surface area contributed by atoms with Crippen molar-refractivity contribution in [1.82, 2.24) is 0 Å². The number of ether oxygens (including phenoxy) is 1. The first kappa shape index (κ1) is 13.2. The molecule has 5 heteroatoms. The number of carbonyl (C=O) groups is 1. The lowest BCUT2D eigenvalue weighted by molar-refractivity contribution is -0.138. The van der Waals surface area contributed by atoms with Crippen LogP contribution in [0.25, 0.3) is 0 Å². The molecule has 4 nitrogen and oxygen atoms in total. The predicted molar refractivity (Wildman–Crippen MR) is 72.1 cm³/mol. The first-order valence-corrected chi connectivity index (χ1v) is 7.13. The van der Waals surface area contributed by atoms with Gasteiger partial charge in [-0.2, -0.15) is 11.8 Å². The van der Waals surface area contributed by atoms with E-state index in [1.165, 1.54) is 0 Å². The predicted octanol–water partition coefficient (Wildman–Crippen LogP) is 1.53. The van der Waals surface area contributed by atoms with Crippen LogP contribution in [-0.2, 0) is 11.2 Å². The van der Waals surface area contributed by atoms with Gasteiger partial charge in [-0.1, -0.05) is 18.2 Å². The zero-order valence-corrected chi connectivity index (χ0v) is 10.9. The van der Waals surface area contributed by atoms with E-state index in [0.717, 1.165) is 29.2 Å². The van der Waals surface area contributed by atoms with Gasteiger partial charge in [0.05, 0.1) is 0 Å². The average molecular weight is 267 g/mol. The number of thioether (sulfide) groups is 1. The Labute approximate surface area is 111 Å². The number of rotatable bonds is 5. The zero-order valence-electron chi connectivity index (χ0n) is 10.0. The van der Waals surface area contributed by atoms with Crippen molar-refractivity contribution in [1.29, 1.82) is 0 Å². The van der Waals surface area contributed by atoms with E-state index < -0.39 is 12.0 Å². The number of hydrogen-bond acceptors (Lipinski definition) is 4. The van der Waals surface area contributed by atoms with Gasteiger partial charge in [0, 0.05) is 12.2 Å². The molecule has 0 radical (unpaired) electrons. The number of benzene rings is 1. The quantitative estimate of drug-likeness (QED) is 0.846. The molecule has 1 aromatic rings. The molecule has 1 aliphatic heterocycles. The third kappa shape index (κ3) is 3.40. The molecule has 2 rings (SSSR count). The second-order valence-electron chi connectivity index (χ2n) is 4.36. The molecule has 18 heavy (non-hydrogen) atoms. The number of hydrogen-bond donors (Lipinski definition) is 2. The molecule has 0 saturated carbocycles. The highest BCUT2D eigenvalue weighted by Crippen LogP contribution is 2.26. The van der Waals surface area contributed by atoms with Gasteiger partial charge in [0.1, 0.15) is 17.9 Å². The summed E-state index contributed by atoms with van der Waals surface area (Å²) in [7, 11) is 0. The van der Waals surface area contributed by atoms with E-state index >= 15 is 0 Å². The van der Waals surface area contributed by atoms with Crippen LogP contribution >= 0.6 is 11.8 Å². The van der Waals surface area contributed by atoms with Crippen LogP contribution in [0.1, 0.15) is 12.0 Å². The lowest BCUT2D eigenvalue weighted by atomic mass is 10.1. The van der Waals surface area contributed by atoms with Gasteiger partial charge >= 0.3 is 5.97 Å². The summed E-state index contributed by atoms with van der Waals surface area (Å²) in [5.74, 6) is 1.91. The lowest BCUT2D eigenvalue weighted by Crippen LogP contribution is -2.32. The Kier molecular flexibility index (Phi) is 4.49. The minimum atomic E-state index is -0.985. The minimum absolute atomic E-state index is 0.234. The van der Waals surface area contributed by atoms with Crippen LogP contribution in [0.3, 0.4) is 0 Å². The normalized spacial score (nSPS) is 20.6. The Balaban J connectivity index is 2.06. The molecule has 1 saturated heterocycles. The van der Waals surface area contributed by atoms with Gasteiger partial charge in [0.15, 0.2) is 0 Å². The monoisotopic (exact) mass is 267 g/mol. The SMILES string of the molecule is NC(Cc1ccccc1OC1CCSC1)C(=O)O. The van der Waals surface area contributed by atoms with Crippen LogP contribution in [0.5, 0.6) is 5.75 Å². The van der Waals surface area contributed by atoms with Crippen LogP contribution in [0.2, 0.25) is 0 Å². The van der Waals surface area contributed by atoms with Crippen molar-refractivity contribution in [2.75, 3.05) is 11.5 Å². The highest BCUT2D eigenvalue weighted by Gasteiger charge is 2.20. The molecular formula is C13H17NO3S. The van der Waals surface area contributed by atoms with Crippen molar-refractivity contribution in [3.63, 3.8) is 0 Å². The van der Waals surface area contributed by atoms with Crippen LogP contribution in [-0.4, -0.2) is 34.7 Å². The third-order valence-corrected chi connectivity index (χ3v) is 4.04. The second-order valence-corrected chi connectivity index (χ2v) is 5.51. The molecule has 1 aliphatic rings. The van der Waals surface area contributed by atoms with Crippen LogP contribution in [0.4, 0.5) is 0 Å². The van der Waals surface area contributed by atoms with E-state index in [-0.39, 0.29) is 6.10 Å². The maximum Gasteiger partial charge on any atom is 0.320 e. The Morgan fingerprint density at radius 2 is 2.33 bits per heavy atom. The minimum Gasteiger partial charge on any atom is -0.489 e. The number of aliphatic carboxylic acids is 1. The highest BCUT2D eigenvalue weighted by molar-refractivity contribution is 7.99. The molecule has 2 atom stereocenters. The van der Waals surface area contributed by atoms with Crippen molar-refractivity contribution in [3.8, 4) is 5.75 Å². The van der Waals surface area contributed by atoms with Gasteiger partial charge in [-0.3, -0.25) is 4.79 Å². The van der Waals surface area contributed by atoms with Gasteiger partial charge in [-0.05, 0) is 23.8 Å².